The van der Waals surface area contributed by atoms with Gasteiger partial charge in [0.2, 0.25) is 5.91 Å². The maximum Gasteiger partial charge on any atom is 0.233 e. The number of rotatable bonds is 5. The van der Waals surface area contributed by atoms with E-state index in [1.165, 1.54) is 18.2 Å². The van der Waals surface area contributed by atoms with Gasteiger partial charge in [0.25, 0.3) is 0 Å². The lowest BCUT2D eigenvalue weighted by Crippen LogP contribution is -2.48. The third-order valence-electron chi connectivity index (χ3n) is 4.99. The number of aromatic nitrogens is 3. The van der Waals surface area contributed by atoms with Crippen LogP contribution in [0, 0.1) is 0 Å². The molecule has 1 aliphatic heterocycles. The molecule has 1 aliphatic rings. The molecular weight excluding hydrogens is 348 g/mol. The van der Waals surface area contributed by atoms with Crippen molar-refractivity contribution >= 4 is 17.7 Å². The Morgan fingerprint density at radius 2 is 1.85 bits per heavy atom. The summed E-state index contributed by atoms with van der Waals surface area (Å²) >= 11 is 1.45. The molecule has 7 heteroatoms. The molecule has 0 N–H and O–H groups in total. The summed E-state index contributed by atoms with van der Waals surface area (Å²) in [5.41, 5.74) is 0.970. The lowest BCUT2D eigenvalue weighted by molar-refractivity contribution is -0.134. The zero-order valence-electron chi connectivity index (χ0n) is 15.8. The van der Waals surface area contributed by atoms with E-state index in [4.69, 9.17) is 4.74 Å². The van der Waals surface area contributed by atoms with Crippen LogP contribution in [0.1, 0.15) is 33.1 Å². The van der Waals surface area contributed by atoms with E-state index in [9.17, 15) is 4.79 Å². The number of carbonyl (C=O) groups is 1. The molecule has 2 aromatic rings. The van der Waals surface area contributed by atoms with Crippen LogP contribution in [0.4, 0.5) is 0 Å². The fraction of sp³-hybridized carbons (Fsp3) is 0.526. The summed E-state index contributed by atoms with van der Waals surface area (Å²) in [6.45, 7) is 4.28. The number of carbonyl (C=O) groups excluding carboxylic acids is 1. The largest absolute Gasteiger partial charge is 0.497 e. The van der Waals surface area contributed by atoms with E-state index in [1.807, 2.05) is 40.8 Å². The number of likely N-dealkylation sites (tertiary alicyclic amines) is 1. The van der Waals surface area contributed by atoms with Crippen molar-refractivity contribution in [1.29, 1.82) is 0 Å². The third-order valence-corrected chi connectivity index (χ3v) is 5.99. The summed E-state index contributed by atoms with van der Waals surface area (Å²) in [5, 5.41) is 9.30. The molecule has 0 spiro atoms. The smallest absolute Gasteiger partial charge is 0.233 e. The number of nitrogens with zero attached hydrogens (tertiary/aromatic N) is 4. The monoisotopic (exact) mass is 374 g/mol. The summed E-state index contributed by atoms with van der Waals surface area (Å²) in [6, 6.07) is 8.36. The van der Waals surface area contributed by atoms with Crippen LogP contribution in [0.15, 0.2) is 29.4 Å². The van der Waals surface area contributed by atoms with Crippen molar-refractivity contribution in [2.24, 2.45) is 7.05 Å². The van der Waals surface area contributed by atoms with Crippen LogP contribution in [-0.2, 0) is 11.8 Å². The highest BCUT2D eigenvalue weighted by molar-refractivity contribution is 7.99. The quantitative estimate of drug-likeness (QED) is 0.751. The summed E-state index contributed by atoms with van der Waals surface area (Å²) in [5.74, 6) is 2.16. The predicted molar refractivity (Wildman–Crippen MR) is 103 cm³/mol. The van der Waals surface area contributed by atoms with E-state index in [1.54, 1.807) is 7.11 Å². The Balaban J connectivity index is 1.67. The predicted octanol–water partition coefficient (Wildman–Crippen LogP) is 3.37. The molecule has 3 rings (SSSR count). The van der Waals surface area contributed by atoms with Gasteiger partial charge >= 0.3 is 0 Å². The minimum absolute atomic E-state index is 0.184. The molecule has 2 unspecified atom stereocenters. The normalized spacial score (nSPS) is 20.2. The van der Waals surface area contributed by atoms with Crippen molar-refractivity contribution in [3.63, 3.8) is 0 Å². The number of thioether (sulfide) groups is 1. The Kier molecular flexibility index (Phi) is 5.86. The minimum atomic E-state index is 0.184. The van der Waals surface area contributed by atoms with Gasteiger partial charge in [-0.3, -0.25) is 4.79 Å². The Bertz CT molecular complexity index is 749. The molecule has 1 aromatic heterocycles. The van der Waals surface area contributed by atoms with E-state index in [2.05, 4.69) is 24.0 Å². The summed E-state index contributed by atoms with van der Waals surface area (Å²) < 4.78 is 7.12. The van der Waals surface area contributed by atoms with Gasteiger partial charge in [-0.05, 0) is 57.4 Å². The van der Waals surface area contributed by atoms with Crippen LogP contribution in [0.5, 0.6) is 5.75 Å². The topological polar surface area (TPSA) is 60.3 Å². The lowest BCUT2D eigenvalue weighted by Gasteiger charge is -2.39. The summed E-state index contributed by atoms with van der Waals surface area (Å²) in [4.78, 5) is 14.7. The van der Waals surface area contributed by atoms with Gasteiger partial charge in [-0.15, -0.1) is 10.2 Å². The maximum absolute atomic E-state index is 12.7. The second-order valence-corrected chi connectivity index (χ2v) is 7.75. The van der Waals surface area contributed by atoms with Gasteiger partial charge in [-0.1, -0.05) is 11.8 Å². The Hall–Kier alpha value is -2.02. The van der Waals surface area contributed by atoms with Gasteiger partial charge in [-0.2, -0.15) is 0 Å². The highest BCUT2D eigenvalue weighted by atomic mass is 32.2. The van der Waals surface area contributed by atoms with Crippen LogP contribution >= 0.6 is 11.8 Å². The first-order valence-corrected chi connectivity index (χ1v) is 9.97. The Morgan fingerprint density at radius 3 is 2.46 bits per heavy atom. The first-order chi connectivity index (χ1) is 12.5. The van der Waals surface area contributed by atoms with Gasteiger partial charge in [-0.25, -0.2) is 0 Å². The second kappa shape index (κ2) is 8.12. The SMILES string of the molecule is COc1ccc(-c2nnc(SCC(=O)N3C(C)CCCC3C)n2C)cc1. The molecule has 1 amide bonds. The number of hydrogen-bond donors (Lipinski definition) is 0. The van der Waals surface area contributed by atoms with Crippen LogP contribution in [0.2, 0.25) is 0 Å². The van der Waals surface area contributed by atoms with Crippen molar-refractivity contribution in [3.8, 4) is 17.1 Å². The highest BCUT2D eigenvalue weighted by Crippen LogP contribution is 2.27. The molecule has 1 aromatic carbocycles. The van der Waals surface area contributed by atoms with E-state index in [0.717, 1.165) is 35.1 Å². The Morgan fingerprint density at radius 1 is 1.19 bits per heavy atom. The minimum Gasteiger partial charge on any atom is -0.497 e. The van der Waals surface area contributed by atoms with Gasteiger partial charge in [0, 0.05) is 24.7 Å². The average molecular weight is 375 g/mol. The molecule has 140 valence electrons. The van der Waals surface area contributed by atoms with Crippen LogP contribution in [0.3, 0.4) is 0 Å². The van der Waals surface area contributed by atoms with Gasteiger partial charge in [0.1, 0.15) is 5.75 Å². The maximum atomic E-state index is 12.7. The number of ether oxygens (including phenoxy) is 1. The van der Waals surface area contributed by atoms with Crippen molar-refractivity contribution < 1.29 is 9.53 Å². The van der Waals surface area contributed by atoms with E-state index < -0.39 is 0 Å². The highest BCUT2D eigenvalue weighted by Gasteiger charge is 2.29. The molecule has 0 aliphatic carbocycles. The van der Waals surface area contributed by atoms with E-state index in [0.29, 0.717) is 17.8 Å². The molecular formula is C19H26N4O2S. The van der Waals surface area contributed by atoms with Gasteiger partial charge in [0.15, 0.2) is 11.0 Å². The van der Waals surface area contributed by atoms with Gasteiger partial charge in [0.05, 0.1) is 12.9 Å². The fourth-order valence-corrected chi connectivity index (χ4v) is 4.33. The first kappa shape index (κ1) is 18.8. The number of amides is 1. The Labute approximate surface area is 158 Å². The number of hydrogen-bond acceptors (Lipinski definition) is 5. The molecule has 2 atom stereocenters. The molecule has 6 nitrogen and oxygen atoms in total. The first-order valence-electron chi connectivity index (χ1n) is 8.99. The lowest BCUT2D eigenvalue weighted by atomic mass is 9.98. The standard InChI is InChI=1S/C19H26N4O2S/c1-13-6-5-7-14(2)23(13)17(24)12-26-19-21-20-18(22(19)3)15-8-10-16(25-4)11-9-15/h8-11,13-14H,5-7,12H2,1-4H3. The molecule has 26 heavy (non-hydrogen) atoms. The van der Waals surface area contributed by atoms with E-state index >= 15 is 0 Å². The fourth-order valence-electron chi connectivity index (χ4n) is 3.55. The molecule has 2 heterocycles. The number of methoxy groups -OCH3 is 1. The van der Waals surface area contributed by atoms with Crippen molar-refractivity contribution in [3.05, 3.63) is 24.3 Å². The molecule has 1 saturated heterocycles. The molecule has 0 saturated carbocycles. The van der Waals surface area contributed by atoms with E-state index in [-0.39, 0.29) is 5.91 Å². The summed E-state index contributed by atoms with van der Waals surface area (Å²) in [6.07, 6.45) is 3.38. The zero-order valence-corrected chi connectivity index (χ0v) is 16.6. The number of benzene rings is 1. The average Bonchev–Trinajstić information content (AvgIpc) is 3.00. The molecule has 0 bridgehead atoms. The summed E-state index contributed by atoms with van der Waals surface area (Å²) in [7, 11) is 3.58. The van der Waals surface area contributed by atoms with Crippen LogP contribution in [-0.4, -0.2) is 50.5 Å². The number of piperidine rings is 1. The zero-order chi connectivity index (χ0) is 18.7. The van der Waals surface area contributed by atoms with Crippen molar-refractivity contribution in [2.45, 2.75) is 50.4 Å². The van der Waals surface area contributed by atoms with Gasteiger partial charge < -0.3 is 14.2 Å². The second-order valence-electron chi connectivity index (χ2n) is 6.81. The van der Waals surface area contributed by atoms with Crippen LogP contribution in [0.25, 0.3) is 11.4 Å². The van der Waals surface area contributed by atoms with Crippen molar-refractivity contribution in [2.75, 3.05) is 12.9 Å². The van der Waals surface area contributed by atoms with Crippen molar-refractivity contribution in [1.82, 2.24) is 19.7 Å². The molecule has 0 radical (unpaired) electrons. The third kappa shape index (κ3) is 3.87. The molecule has 1 fully saturated rings. The van der Waals surface area contributed by atoms with Crippen LogP contribution < -0.4 is 4.74 Å².